The summed E-state index contributed by atoms with van der Waals surface area (Å²) in [5, 5.41) is 30.5. The molecule has 1 fully saturated rings. The average molecular weight is 505 g/mol. The Morgan fingerprint density at radius 2 is 2.08 bits per heavy atom. The van der Waals surface area contributed by atoms with Crippen molar-refractivity contribution in [3.63, 3.8) is 0 Å². The molecule has 11 heteroatoms. The van der Waals surface area contributed by atoms with E-state index in [2.05, 4.69) is 31.7 Å². The predicted octanol–water partition coefficient (Wildman–Crippen LogP) is 3.78. The minimum Gasteiger partial charge on any atom is -0.489 e. The van der Waals surface area contributed by atoms with Crippen LogP contribution in [-0.4, -0.2) is 47.1 Å². The summed E-state index contributed by atoms with van der Waals surface area (Å²) in [6.07, 6.45) is 4.27. The number of nitrogens with zero attached hydrogens (tertiary/aromatic N) is 7. The largest absolute Gasteiger partial charge is 0.489 e. The van der Waals surface area contributed by atoms with Gasteiger partial charge in [-0.15, -0.1) is 5.10 Å². The minimum absolute atomic E-state index is 0.136. The van der Waals surface area contributed by atoms with Gasteiger partial charge in [-0.1, -0.05) is 26.0 Å². The first kappa shape index (κ1) is 26.0. The van der Waals surface area contributed by atoms with E-state index in [0.717, 1.165) is 18.5 Å². The third-order valence-electron chi connectivity index (χ3n) is 6.53. The van der Waals surface area contributed by atoms with Crippen LogP contribution in [0.1, 0.15) is 69.1 Å². The summed E-state index contributed by atoms with van der Waals surface area (Å²) in [6.45, 7) is 8.23. The third-order valence-corrected chi connectivity index (χ3v) is 6.53. The lowest BCUT2D eigenvalue weighted by Crippen LogP contribution is -2.29. The maximum Gasteiger partial charge on any atom is 0.306 e. The van der Waals surface area contributed by atoms with E-state index in [9.17, 15) is 15.2 Å². The highest BCUT2D eigenvalue weighted by atomic mass is 16.5. The van der Waals surface area contributed by atoms with Gasteiger partial charge < -0.3 is 15.2 Å². The van der Waals surface area contributed by atoms with Crippen LogP contribution in [0.25, 0.3) is 11.4 Å². The lowest BCUT2D eigenvalue weighted by Gasteiger charge is -2.27. The fourth-order valence-electron chi connectivity index (χ4n) is 4.52. The van der Waals surface area contributed by atoms with Gasteiger partial charge in [-0.2, -0.15) is 5.26 Å². The van der Waals surface area contributed by atoms with Crippen LogP contribution in [0.2, 0.25) is 0 Å². The van der Waals surface area contributed by atoms with Gasteiger partial charge in [-0.25, -0.2) is 19.6 Å². The first-order valence-corrected chi connectivity index (χ1v) is 12.3. The number of anilines is 1. The smallest absolute Gasteiger partial charge is 0.306 e. The fraction of sp³-hybridized carbons (Fsp3) is 0.500. The molecule has 194 valence electrons. The van der Waals surface area contributed by atoms with Crippen molar-refractivity contribution in [2.75, 3.05) is 5.32 Å². The van der Waals surface area contributed by atoms with E-state index in [4.69, 9.17) is 9.72 Å². The molecular weight excluding hydrogens is 472 g/mol. The quantitative estimate of drug-likeness (QED) is 0.486. The van der Waals surface area contributed by atoms with Crippen LogP contribution in [0, 0.1) is 24.2 Å². The third kappa shape index (κ3) is 5.85. The van der Waals surface area contributed by atoms with E-state index in [0.29, 0.717) is 59.4 Å². The van der Waals surface area contributed by atoms with Gasteiger partial charge in [-0.3, -0.25) is 4.79 Å². The molecule has 11 nitrogen and oxygen atoms in total. The molecule has 4 rings (SSSR count). The van der Waals surface area contributed by atoms with Crippen molar-refractivity contribution in [1.29, 1.82) is 5.26 Å². The zero-order chi connectivity index (χ0) is 26.7. The number of aromatic nitrogens is 6. The van der Waals surface area contributed by atoms with E-state index in [-0.39, 0.29) is 17.4 Å². The molecule has 2 N–H and O–H groups in total. The van der Waals surface area contributed by atoms with E-state index < -0.39 is 5.97 Å². The minimum atomic E-state index is -0.761. The molecule has 0 aromatic carbocycles. The SMILES string of the molecule is Cc1nc(-c2nnn(C)c2CNc2ncc(C#N)c(C(C)(C)C)n2)ccc1O[C@H]1CCC[C@H](C(=O)O)C1. The molecule has 0 unspecified atom stereocenters. The highest BCUT2D eigenvalue weighted by Crippen LogP contribution is 2.31. The van der Waals surface area contributed by atoms with Gasteiger partial charge in [0, 0.05) is 12.5 Å². The van der Waals surface area contributed by atoms with Crippen molar-refractivity contribution in [2.24, 2.45) is 13.0 Å². The van der Waals surface area contributed by atoms with Gasteiger partial charge in [0.2, 0.25) is 5.95 Å². The number of aryl methyl sites for hydroxylation is 2. The lowest BCUT2D eigenvalue weighted by atomic mass is 9.87. The molecule has 2 atom stereocenters. The maximum atomic E-state index is 11.4. The zero-order valence-corrected chi connectivity index (χ0v) is 21.8. The van der Waals surface area contributed by atoms with E-state index in [1.807, 2.05) is 39.8 Å². The molecule has 3 heterocycles. The number of carbonyl (C=O) groups is 1. The Bertz CT molecular complexity index is 1340. The van der Waals surface area contributed by atoms with Gasteiger partial charge >= 0.3 is 5.97 Å². The number of carboxylic acid groups (broad SMARTS) is 1. The molecule has 0 saturated heterocycles. The number of aliphatic carboxylic acids is 1. The molecule has 0 amide bonds. The van der Waals surface area contributed by atoms with Gasteiger partial charge in [-0.05, 0) is 44.7 Å². The second-order valence-electron chi connectivity index (χ2n) is 10.4. The van der Waals surface area contributed by atoms with Crippen LogP contribution in [0.3, 0.4) is 0 Å². The lowest BCUT2D eigenvalue weighted by molar-refractivity contribution is -0.143. The molecular formula is C26H32N8O3. The summed E-state index contributed by atoms with van der Waals surface area (Å²) in [7, 11) is 1.81. The van der Waals surface area contributed by atoms with Gasteiger partial charge in [0.25, 0.3) is 0 Å². The Kier molecular flexibility index (Phi) is 7.38. The van der Waals surface area contributed by atoms with Crippen LogP contribution in [0.4, 0.5) is 5.95 Å². The topological polar surface area (TPSA) is 152 Å². The number of hydrogen-bond acceptors (Lipinski definition) is 9. The molecule has 1 aliphatic rings. The predicted molar refractivity (Wildman–Crippen MR) is 136 cm³/mol. The van der Waals surface area contributed by atoms with Crippen molar-refractivity contribution in [2.45, 2.75) is 71.4 Å². The summed E-state index contributed by atoms with van der Waals surface area (Å²) in [6, 6.07) is 5.85. The zero-order valence-electron chi connectivity index (χ0n) is 21.8. The number of carboxylic acids is 1. The Morgan fingerprint density at radius 3 is 2.76 bits per heavy atom. The second kappa shape index (κ2) is 10.5. The fourth-order valence-corrected chi connectivity index (χ4v) is 4.52. The number of nitrogens with one attached hydrogen (secondary N) is 1. The Balaban J connectivity index is 1.51. The monoisotopic (exact) mass is 504 g/mol. The van der Waals surface area contributed by atoms with Crippen molar-refractivity contribution in [3.8, 4) is 23.2 Å². The number of hydrogen-bond donors (Lipinski definition) is 2. The number of ether oxygens (including phenoxy) is 1. The maximum absolute atomic E-state index is 11.4. The van der Waals surface area contributed by atoms with Crippen molar-refractivity contribution < 1.29 is 14.6 Å². The molecule has 0 radical (unpaired) electrons. The van der Waals surface area contributed by atoms with Gasteiger partial charge in [0.1, 0.15) is 17.5 Å². The number of pyridine rings is 1. The van der Waals surface area contributed by atoms with E-state index in [1.54, 1.807) is 11.7 Å². The summed E-state index contributed by atoms with van der Waals surface area (Å²) in [5.41, 5.74) is 3.59. The van der Waals surface area contributed by atoms with Crippen LogP contribution < -0.4 is 10.1 Å². The second-order valence-corrected chi connectivity index (χ2v) is 10.4. The summed E-state index contributed by atoms with van der Waals surface area (Å²) in [4.78, 5) is 25.0. The molecule has 1 aliphatic carbocycles. The van der Waals surface area contributed by atoms with E-state index >= 15 is 0 Å². The van der Waals surface area contributed by atoms with Gasteiger partial charge in [0.15, 0.2) is 0 Å². The summed E-state index contributed by atoms with van der Waals surface area (Å²) in [5.74, 6) is -0.0658. The van der Waals surface area contributed by atoms with Gasteiger partial charge in [0.05, 0.1) is 53.1 Å². The molecule has 3 aromatic heterocycles. The van der Waals surface area contributed by atoms with Crippen molar-refractivity contribution in [1.82, 2.24) is 29.9 Å². The molecule has 0 aliphatic heterocycles. The molecule has 37 heavy (non-hydrogen) atoms. The highest BCUT2D eigenvalue weighted by molar-refractivity contribution is 5.70. The van der Waals surface area contributed by atoms with Crippen LogP contribution in [0.15, 0.2) is 18.3 Å². The Hall–Kier alpha value is -4.07. The molecule has 1 saturated carbocycles. The van der Waals surface area contributed by atoms with Crippen LogP contribution in [0.5, 0.6) is 5.75 Å². The summed E-state index contributed by atoms with van der Waals surface area (Å²) < 4.78 is 7.81. The van der Waals surface area contributed by atoms with Crippen molar-refractivity contribution in [3.05, 3.63) is 41.0 Å². The van der Waals surface area contributed by atoms with Crippen molar-refractivity contribution >= 4 is 11.9 Å². The molecule has 0 spiro atoms. The summed E-state index contributed by atoms with van der Waals surface area (Å²) >= 11 is 0. The van der Waals surface area contributed by atoms with E-state index in [1.165, 1.54) is 6.20 Å². The number of rotatable bonds is 7. The highest BCUT2D eigenvalue weighted by Gasteiger charge is 2.28. The van der Waals surface area contributed by atoms with Crippen LogP contribution >= 0.6 is 0 Å². The Morgan fingerprint density at radius 1 is 1.30 bits per heavy atom. The Labute approximate surface area is 215 Å². The standard InChI is InChI=1S/C26H32N8O3/c1-15-21(37-18-8-6-7-16(11-18)24(35)36)10-9-19(30-15)22-20(34(5)33-32-22)14-29-25-28-13-17(12-27)23(31-25)26(2,3)4/h9-10,13,16,18H,6-8,11,14H2,1-5H3,(H,35,36)(H,28,29,31)/t16-,18-/m0/s1. The normalized spacial score (nSPS) is 17.7. The van der Waals surface area contributed by atoms with Crippen LogP contribution in [-0.2, 0) is 23.8 Å². The first-order chi connectivity index (χ1) is 17.6. The first-order valence-electron chi connectivity index (χ1n) is 12.3. The number of nitriles is 1. The molecule has 0 bridgehead atoms. The average Bonchev–Trinajstić information content (AvgIpc) is 3.23. The molecule has 3 aromatic rings.